The molecule has 3 heterocycles. The molecule has 0 bridgehead atoms. The quantitative estimate of drug-likeness (QED) is 0.367. The van der Waals surface area contributed by atoms with Gasteiger partial charge in [0.15, 0.2) is 10.8 Å². The number of amides is 1. The van der Waals surface area contributed by atoms with E-state index in [-0.39, 0.29) is 11.7 Å². The van der Waals surface area contributed by atoms with Crippen LogP contribution in [0.3, 0.4) is 0 Å². The van der Waals surface area contributed by atoms with Crippen molar-refractivity contribution < 1.29 is 14.3 Å². The molecule has 1 aromatic carbocycles. The van der Waals surface area contributed by atoms with E-state index in [1.807, 2.05) is 11.3 Å². The van der Waals surface area contributed by atoms with Crippen molar-refractivity contribution in [3.8, 4) is 11.5 Å². The minimum atomic E-state index is -0.132. The van der Waals surface area contributed by atoms with Crippen LogP contribution >= 0.6 is 23.1 Å². The number of thioether (sulfide) groups is 1. The number of carbonyl (C=O) groups excluding carboxylic acids is 1. The smallest absolute Gasteiger partial charge is 0.234 e. The predicted octanol–water partition coefficient (Wildman–Crippen LogP) is 4.84. The summed E-state index contributed by atoms with van der Waals surface area (Å²) in [5, 5.41) is 13.9. The summed E-state index contributed by atoms with van der Waals surface area (Å²) >= 11 is 3.21. The summed E-state index contributed by atoms with van der Waals surface area (Å²) in [6.07, 6.45) is 6.94. The monoisotopic (exact) mass is 495 g/mol. The van der Waals surface area contributed by atoms with Gasteiger partial charge in [-0.25, -0.2) is 4.98 Å². The number of rotatable bonds is 7. The van der Waals surface area contributed by atoms with E-state index in [4.69, 9.17) is 14.5 Å². The summed E-state index contributed by atoms with van der Waals surface area (Å²) in [6.45, 7) is 0. The SMILES string of the molecule is COc1cc(NC(=O)CSc2nnc3c4c5c(sc4nc(C4CC4)n23)CCCC5)cc(OC)c1. The first-order valence-corrected chi connectivity index (χ1v) is 13.3. The van der Waals surface area contributed by atoms with Gasteiger partial charge in [0.1, 0.15) is 22.2 Å². The average molecular weight is 496 g/mol. The number of fused-ring (bicyclic) bond motifs is 5. The Labute approximate surface area is 205 Å². The van der Waals surface area contributed by atoms with Gasteiger partial charge in [-0.1, -0.05) is 11.8 Å². The van der Waals surface area contributed by atoms with E-state index in [2.05, 4.69) is 19.9 Å². The van der Waals surface area contributed by atoms with Crippen LogP contribution in [0.2, 0.25) is 0 Å². The number of aromatic nitrogens is 4. The third-order valence-corrected chi connectivity index (χ3v) is 8.48. The number of nitrogens with zero attached hydrogens (tertiary/aromatic N) is 4. The molecule has 1 amide bonds. The van der Waals surface area contributed by atoms with Gasteiger partial charge in [-0.2, -0.15) is 0 Å². The Morgan fingerprint density at radius 3 is 2.65 bits per heavy atom. The lowest BCUT2D eigenvalue weighted by atomic mass is 9.97. The zero-order chi connectivity index (χ0) is 23.2. The molecule has 6 rings (SSSR count). The van der Waals surface area contributed by atoms with Crippen LogP contribution in [0.4, 0.5) is 5.69 Å². The molecule has 34 heavy (non-hydrogen) atoms. The molecule has 0 unspecified atom stereocenters. The van der Waals surface area contributed by atoms with Crippen molar-refractivity contribution in [3.63, 3.8) is 0 Å². The average Bonchev–Trinajstić information content (AvgIpc) is 3.51. The van der Waals surface area contributed by atoms with Crippen LogP contribution < -0.4 is 14.8 Å². The Kier molecular flexibility index (Phi) is 5.57. The largest absolute Gasteiger partial charge is 0.497 e. The lowest BCUT2D eigenvalue weighted by Gasteiger charge is -2.11. The van der Waals surface area contributed by atoms with E-state index < -0.39 is 0 Å². The van der Waals surface area contributed by atoms with Gasteiger partial charge in [-0.15, -0.1) is 21.5 Å². The number of carbonyl (C=O) groups is 1. The summed E-state index contributed by atoms with van der Waals surface area (Å²) in [7, 11) is 3.17. The highest BCUT2D eigenvalue weighted by atomic mass is 32.2. The zero-order valence-electron chi connectivity index (χ0n) is 19.1. The Bertz CT molecular complexity index is 1390. The Morgan fingerprint density at radius 2 is 1.91 bits per heavy atom. The summed E-state index contributed by atoms with van der Waals surface area (Å²) in [6, 6.07) is 5.30. The van der Waals surface area contributed by atoms with Crippen LogP contribution in [-0.2, 0) is 17.6 Å². The van der Waals surface area contributed by atoms with Gasteiger partial charge in [-0.05, 0) is 44.1 Å². The Morgan fingerprint density at radius 1 is 1.15 bits per heavy atom. The maximum absolute atomic E-state index is 12.8. The van der Waals surface area contributed by atoms with E-state index in [1.54, 1.807) is 32.4 Å². The molecule has 1 saturated carbocycles. The van der Waals surface area contributed by atoms with Gasteiger partial charge in [0.25, 0.3) is 0 Å². The fraction of sp³-hybridized carbons (Fsp3) is 0.417. The maximum Gasteiger partial charge on any atom is 0.234 e. The highest BCUT2D eigenvalue weighted by molar-refractivity contribution is 7.99. The number of benzene rings is 1. The third-order valence-electron chi connectivity index (χ3n) is 6.36. The molecule has 0 aliphatic heterocycles. The van der Waals surface area contributed by atoms with Crippen molar-refractivity contribution in [1.82, 2.24) is 19.6 Å². The molecule has 4 aromatic rings. The lowest BCUT2D eigenvalue weighted by molar-refractivity contribution is -0.113. The number of ether oxygens (including phenoxy) is 2. The van der Waals surface area contributed by atoms with Gasteiger partial charge in [-0.3, -0.25) is 9.20 Å². The van der Waals surface area contributed by atoms with Crippen molar-refractivity contribution in [2.24, 2.45) is 0 Å². The maximum atomic E-state index is 12.8. The molecule has 10 heteroatoms. The van der Waals surface area contributed by atoms with Crippen LogP contribution in [0, 0.1) is 0 Å². The number of methoxy groups -OCH3 is 2. The second-order valence-electron chi connectivity index (χ2n) is 8.72. The fourth-order valence-corrected chi connectivity index (χ4v) is 6.57. The molecule has 2 aliphatic carbocycles. The normalized spacial score (nSPS) is 15.5. The molecule has 0 radical (unpaired) electrons. The first-order valence-electron chi connectivity index (χ1n) is 11.5. The molecule has 0 spiro atoms. The van der Waals surface area contributed by atoms with E-state index in [0.717, 1.165) is 52.5 Å². The number of hydrogen-bond acceptors (Lipinski definition) is 8. The number of hydrogen-bond donors (Lipinski definition) is 1. The van der Waals surface area contributed by atoms with E-state index in [9.17, 15) is 4.79 Å². The van der Waals surface area contributed by atoms with Crippen molar-refractivity contribution in [3.05, 3.63) is 34.5 Å². The molecular formula is C24H25N5O3S2. The second-order valence-corrected chi connectivity index (χ2v) is 10.7. The van der Waals surface area contributed by atoms with E-state index in [1.165, 1.54) is 35.0 Å². The minimum Gasteiger partial charge on any atom is -0.497 e. The first kappa shape index (κ1) is 21.7. The lowest BCUT2D eigenvalue weighted by Crippen LogP contribution is -2.14. The Hall–Kier alpha value is -2.85. The van der Waals surface area contributed by atoms with Crippen LogP contribution in [0.5, 0.6) is 11.5 Å². The van der Waals surface area contributed by atoms with Crippen molar-refractivity contribution in [2.45, 2.75) is 49.6 Å². The second kappa shape index (κ2) is 8.74. The molecule has 176 valence electrons. The Balaban J connectivity index is 1.29. The molecule has 1 fully saturated rings. The van der Waals surface area contributed by atoms with Gasteiger partial charge >= 0.3 is 0 Å². The molecule has 0 saturated heterocycles. The number of aryl methyl sites for hydroxylation is 2. The van der Waals surface area contributed by atoms with Gasteiger partial charge in [0, 0.05) is 34.7 Å². The minimum absolute atomic E-state index is 0.132. The van der Waals surface area contributed by atoms with Crippen LogP contribution in [0.15, 0.2) is 23.4 Å². The number of anilines is 1. The number of thiophene rings is 1. The van der Waals surface area contributed by atoms with Gasteiger partial charge in [0.2, 0.25) is 5.91 Å². The van der Waals surface area contributed by atoms with Crippen LogP contribution in [0.1, 0.15) is 47.9 Å². The molecular weight excluding hydrogens is 470 g/mol. The molecule has 3 aromatic heterocycles. The highest BCUT2D eigenvalue weighted by Gasteiger charge is 2.32. The highest BCUT2D eigenvalue weighted by Crippen LogP contribution is 2.44. The summed E-state index contributed by atoms with van der Waals surface area (Å²) < 4.78 is 12.7. The zero-order valence-corrected chi connectivity index (χ0v) is 20.7. The van der Waals surface area contributed by atoms with Crippen molar-refractivity contribution in [2.75, 3.05) is 25.3 Å². The van der Waals surface area contributed by atoms with Crippen LogP contribution in [-0.4, -0.2) is 45.5 Å². The first-order chi connectivity index (χ1) is 16.6. The van der Waals surface area contributed by atoms with Gasteiger partial charge in [0.05, 0.1) is 25.4 Å². The predicted molar refractivity (Wildman–Crippen MR) is 134 cm³/mol. The summed E-state index contributed by atoms with van der Waals surface area (Å²) in [4.78, 5) is 20.4. The van der Waals surface area contributed by atoms with Crippen LogP contribution in [0.25, 0.3) is 15.9 Å². The standard InChI is InChI=1S/C24H25N5O3S2/c1-31-15-9-14(10-16(11-15)32-2)25-19(30)12-33-24-28-27-22-20-17-5-3-4-6-18(17)34-23(20)26-21(29(22)24)13-7-8-13/h9-11,13H,3-8,12H2,1-2H3,(H,25,30). The van der Waals surface area contributed by atoms with Gasteiger partial charge < -0.3 is 14.8 Å². The molecule has 8 nitrogen and oxygen atoms in total. The summed E-state index contributed by atoms with van der Waals surface area (Å²) in [5.74, 6) is 2.80. The number of nitrogens with one attached hydrogen (secondary N) is 1. The topological polar surface area (TPSA) is 90.6 Å². The summed E-state index contributed by atoms with van der Waals surface area (Å²) in [5.41, 5.74) is 2.92. The third kappa shape index (κ3) is 3.88. The molecule has 2 aliphatic rings. The van der Waals surface area contributed by atoms with Crippen molar-refractivity contribution >= 4 is 50.6 Å². The molecule has 0 atom stereocenters. The fourth-order valence-electron chi connectivity index (χ4n) is 4.57. The van der Waals surface area contributed by atoms with E-state index in [0.29, 0.717) is 23.1 Å². The van der Waals surface area contributed by atoms with Crippen molar-refractivity contribution in [1.29, 1.82) is 0 Å². The molecule has 1 N–H and O–H groups in total. The van der Waals surface area contributed by atoms with E-state index >= 15 is 0 Å².